The summed E-state index contributed by atoms with van der Waals surface area (Å²) < 4.78 is 31.5. The first kappa shape index (κ1) is 74.8. The molecule has 0 radical (unpaired) electrons. The number of methoxy groups -OCH3 is 2. The van der Waals surface area contributed by atoms with E-state index in [2.05, 4.69) is 45.4 Å². The SMILES string of the molecule is CC(=O)O.CCCCCOc1ccc(-c2cnc(-c3ccc(C(=O)O)cc3)[nH]2)cc1.CCCCCOc1ccc(-c2cnc(-c3ccc(C(=O)OC)cc3)[nH]2)cc1.CCCCCOc1ccc(C(=O)COC(=O)c2ccc(C(=O)OC)cc2)cc1.N.[Li+].[OH-]. The number of aromatic nitrogens is 4. The van der Waals surface area contributed by atoms with Crippen LogP contribution in [0.15, 0.2) is 158 Å². The van der Waals surface area contributed by atoms with Crippen molar-refractivity contribution in [2.45, 2.75) is 85.5 Å². The monoisotopic (exact) mass is 1200 g/mol. The fourth-order valence-corrected chi connectivity index (χ4v) is 7.86. The van der Waals surface area contributed by atoms with Gasteiger partial charge in [0.25, 0.3) is 5.97 Å². The summed E-state index contributed by atoms with van der Waals surface area (Å²) in [6, 6.07) is 42.3. The fourth-order valence-electron chi connectivity index (χ4n) is 7.86. The van der Waals surface area contributed by atoms with Crippen LogP contribution in [-0.4, -0.2) is 112 Å². The molecule has 2 aromatic heterocycles. The van der Waals surface area contributed by atoms with Crippen LogP contribution in [0, 0.1) is 0 Å². The van der Waals surface area contributed by atoms with Crippen molar-refractivity contribution in [3.63, 3.8) is 0 Å². The summed E-state index contributed by atoms with van der Waals surface area (Å²) in [5.41, 5.74) is 7.43. The predicted octanol–water partition coefficient (Wildman–Crippen LogP) is 11.3. The number of Topliss-reactive ketones (excluding diaryl/α,β-unsaturated/α-hetero) is 1. The van der Waals surface area contributed by atoms with E-state index in [1.54, 1.807) is 73.1 Å². The van der Waals surface area contributed by atoms with E-state index in [1.807, 2.05) is 60.7 Å². The quantitative estimate of drug-likeness (QED) is 0.0111. The Labute approximate surface area is 525 Å². The van der Waals surface area contributed by atoms with Gasteiger partial charge in [0.15, 0.2) is 12.4 Å². The molecular formula is C67H78LiN5O15. The number of nitrogens with zero attached hydrogens (tertiary/aromatic N) is 2. The average Bonchev–Trinajstić information content (AvgIpc) is 3.27. The Morgan fingerprint density at radius 3 is 1.06 bits per heavy atom. The Balaban J connectivity index is 0.000000429. The van der Waals surface area contributed by atoms with Crippen molar-refractivity contribution in [3.8, 4) is 62.5 Å². The Morgan fingerprint density at radius 2 is 0.727 bits per heavy atom. The van der Waals surface area contributed by atoms with Crippen molar-refractivity contribution in [1.82, 2.24) is 26.1 Å². The van der Waals surface area contributed by atoms with E-state index in [0.717, 1.165) is 103 Å². The number of esters is 3. The van der Waals surface area contributed by atoms with Gasteiger partial charge in [-0.15, -0.1) is 0 Å². The molecule has 8 aromatic rings. The predicted molar refractivity (Wildman–Crippen MR) is 331 cm³/mol. The minimum absolute atomic E-state index is 0. The molecule has 0 aliphatic carbocycles. The second-order valence-corrected chi connectivity index (χ2v) is 19.1. The van der Waals surface area contributed by atoms with E-state index in [4.69, 9.17) is 38.7 Å². The molecule has 0 unspecified atom stereocenters. The molecule has 0 fully saturated rings. The number of carboxylic acid groups (broad SMARTS) is 2. The zero-order valence-corrected chi connectivity index (χ0v) is 51.0. The van der Waals surface area contributed by atoms with Crippen LogP contribution in [0.3, 0.4) is 0 Å². The standard InChI is InChI=1S/C22H24N2O3.C22H24O6.C21H22N2O3.C2H4O2.Li.H3N.H2O/c1-3-4-5-14-27-19-12-10-16(11-13-19)20-15-23-21(24-20)17-6-8-18(9-7-17)22(25)26-2;1-3-4-5-14-27-19-12-10-16(11-13-19)20(23)15-28-22(25)18-8-6-17(7-9-18)21(24)26-2;1-2-3-4-13-26-18-11-9-15(10-12-18)19-14-22-20(23-19)16-5-7-17(8-6-16)21(24)25;1-2(3)4;;;/h6-13,15H,3-5,14H2,1-2H3,(H,23,24);6-13H,3-5,14-15H2,1-2H3;5-12,14H,2-4,13H2,1H3,(H,22,23)(H,24,25);1H3,(H,3,4);;1H3;1H2/q;;;;+1;;/p-1. The van der Waals surface area contributed by atoms with Crippen molar-refractivity contribution in [2.24, 2.45) is 0 Å². The molecule has 0 spiro atoms. The van der Waals surface area contributed by atoms with Gasteiger partial charge in [-0.25, -0.2) is 29.1 Å². The van der Waals surface area contributed by atoms with Crippen molar-refractivity contribution in [3.05, 3.63) is 186 Å². The average molecular weight is 1200 g/mol. The number of aliphatic carboxylic acids is 1. The minimum atomic E-state index is -0.936. The van der Waals surface area contributed by atoms with Crippen LogP contribution in [0.1, 0.15) is 137 Å². The molecular weight excluding hydrogens is 1120 g/mol. The number of nitrogens with one attached hydrogen (secondary N) is 2. The summed E-state index contributed by atoms with van der Waals surface area (Å²) in [6.45, 7) is 9.35. The van der Waals surface area contributed by atoms with Crippen molar-refractivity contribution < 1.29 is 91.7 Å². The molecule has 6 aromatic carbocycles. The number of benzene rings is 6. The number of hydrogen-bond acceptors (Lipinski definition) is 16. The second-order valence-electron chi connectivity index (χ2n) is 19.1. The van der Waals surface area contributed by atoms with Crippen molar-refractivity contribution in [2.75, 3.05) is 40.6 Å². The summed E-state index contributed by atoms with van der Waals surface area (Å²) in [5, 5.41) is 16.4. The van der Waals surface area contributed by atoms with E-state index in [-0.39, 0.29) is 60.0 Å². The zero-order chi connectivity index (χ0) is 61.3. The number of ether oxygens (including phenoxy) is 6. The number of carbonyl (C=O) groups is 6. The number of carboxylic acids is 2. The van der Waals surface area contributed by atoms with Crippen LogP contribution in [0.2, 0.25) is 0 Å². The molecule has 0 saturated carbocycles. The van der Waals surface area contributed by atoms with Gasteiger partial charge in [-0.05, 0) is 152 Å². The van der Waals surface area contributed by atoms with E-state index in [0.29, 0.717) is 34.9 Å². The first-order chi connectivity index (χ1) is 41.2. The number of imidazole rings is 2. The summed E-state index contributed by atoms with van der Waals surface area (Å²) >= 11 is 0. The normalized spacial score (nSPS) is 9.93. The molecule has 0 aliphatic heterocycles. The first-order valence-corrected chi connectivity index (χ1v) is 28.1. The number of H-pyrrole nitrogens is 2. The third kappa shape index (κ3) is 25.3. The Kier molecular flexibility index (Phi) is 34.7. The molecule has 8 rings (SSSR count). The summed E-state index contributed by atoms with van der Waals surface area (Å²) in [4.78, 5) is 82.5. The number of ketones is 1. The van der Waals surface area contributed by atoms with E-state index >= 15 is 0 Å². The Morgan fingerprint density at radius 1 is 0.432 bits per heavy atom. The van der Waals surface area contributed by atoms with Gasteiger partial charge in [-0.3, -0.25) is 9.59 Å². The molecule has 88 heavy (non-hydrogen) atoms. The first-order valence-electron chi connectivity index (χ1n) is 28.1. The molecule has 8 N–H and O–H groups in total. The molecule has 0 atom stereocenters. The Hall–Kier alpha value is -9.32. The number of carbonyl (C=O) groups excluding carboxylic acids is 4. The molecule has 21 heteroatoms. The van der Waals surface area contributed by atoms with E-state index < -0.39 is 23.9 Å². The van der Waals surface area contributed by atoms with Gasteiger partial charge in [0, 0.05) is 23.6 Å². The van der Waals surface area contributed by atoms with Gasteiger partial charge in [0.1, 0.15) is 28.9 Å². The van der Waals surface area contributed by atoms with Crippen LogP contribution in [0.5, 0.6) is 17.2 Å². The zero-order valence-electron chi connectivity index (χ0n) is 51.0. The Bertz CT molecular complexity index is 3330. The third-order valence-corrected chi connectivity index (χ3v) is 12.6. The van der Waals surface area contributed by atoms with Crippen LogP contribution >= 0.6 is 0 Å². The smallest absolute Gasteiger partial charge is 0.870 e. The molecule has 462 valence electrons. The number of rotatable bonds is 26. The number of aromatic amines is 2. The van der Waals surface area contributed by atoms with Crippen LogP contribution in [0.4, 0.5) is 0 Å². The molecule has 0 amide bonds. The maximum absolute atomic E-state index is 12.2. The van der Waals surface area contributed by atoms with Gasteiger partial charge in [0.05, 0.1) is 80.1 Å². The minimum Gasteiger partial charge on any atom is -0.870 e. The topological polar surface area (TPSA) is 321 Å². The van der Waals surface area contributed by atoms with Crippen molar-refractivity contribution >= 4 is 35.6 Å². The van der Waals surface area contributed by atoms with Gasteiger partial charge in [-0.1, -0.05) is 83.6 Å². The summed E-state index contributed by atoms with van der Waals surface area (Å²) in [7, 11) is 2.65. The number of hydrogen-bond donors (Lipinski definition) is 5. The largest absolute Gasteiger partial charge is 1.00 e. The number of aromatic carboxylic acids is 1. The van der Waals surface area contributed by atoms with Crippen molar-refractivity contribution in [1.29, 1.82) is 0 Å². The number of unbranched alkanes of at least 4 members (excludes halogenated alkanes) is 6. The van der Waals surface area contributed by atoms with Crippen LogP contribution < -0.4 is 39.2 Å². The van der Waals surface area contributed by atoms with Gasteiger partial charge < -0.3 is 60.2 Å². The van der Waals surface area contributed by atoms with E-state index in [1.165, 1.54) is 64.2 Å². The molecule has 2 heterocycles. The van der Waals surface area contributed by atoms with Gasteiger partial charge >= 0.3 is 42.7 Å². The van der Waals surface area contributed by atoms with Gasteiger partial charge in [0.2, 0.25) is 0 Å². The fraction of sp³-hybridized carbons (Fsp3) is 0.284. The van der Waals surface area contributed by atoms with E-state index in [9.17, 15) is 24.0 Å². The molecule has 0 aliphatic rings. The second kappa shape index (κ2) is 40.9. The molecule has 20 nitrogen and oxygen atoms in total. The molecule has 0 bridgehead atoms. The summed E-state index contributed by atoms with van der Waals surface area (Å²) in [5.74, 6) is 0.355. The van der Waals surface area contributed by atoms with Crippen LogP contribution in [0.25, 0.3) is 45.3 Å². The summed E-state index contributed by atoms with van der Waals surface area (Å²) in [6.07, 6.45) is 13.7. The van der Waals surface area contributed by atoms with Gasteiger partial charge in [-0.2, -0.15) is 0 Å². The van der Waals surface area contributed by atoms with Crippen LogP contribution in [-0.2, 0) is 19.0 Å². The molecule has 0 saturated heterocycles. The maximum atomic E-state index is 12.2. The maximum Gasteiger partial charge on any atom is 1.00 e. The third-order valence-electron chi connectivity index (χ3n) is 12.6.